The number of fused-ring (bicyclic) bond motifs is 2. The van der Waals surface area contributed by atoms with Crippen molar-refractivity contribution in [2.24, 2.45) is 0 Å². The van der Waals surface area contributed by atoms with E-state index < -0.39 is 4.92 Å². The fourth-order valence-corrected chi connectivity index (χ4v) is 2.84. The summed E-state index contributed by atoms with van der Waals surface area (Å²) >= 11 is 0. The number of benzene rings is 2. The van der Waals surface area contributed by atoms with Crippen LogP contribution >= 0.6 is 0 Å². The molecule has 0 unspecified atom stereocenters. The number of carbonyl (C=O) groups is 1. The Labute approximate surface area is 157 Å². The SMILES string of the molecule is O=C(CCn1cnc2cc([N+](=O)[O-])ccc2c1=O)Nc1ccc2c(c1)OCO2. The Morgan fingerprint density at radius 1 is 1.21 bits per heavy atom. The fraction of sp³-hybridized carbons (Fsp3) is 0.167. The maximum Gasteiger partial charge on any atom is 0.271 e. The molecular formula is C18H14N4O6. The molecule has 10 nitrogen and oxygen atoms in total. The molecule has 10 heteroatoms. The lowest BCUT2D eigenvalue weighted by atomic mass is 10.2. The summed E-state index contributed by atoms with van der Waals surface area (Å²) in [6, 6.07) is 8.93. The van der Waals surface area contributed by atoms with Gasteiger partial charge in [-0.05, 0) is 18.2 Å². The number of non-ortho nitro benzene ring substituents is 1. The van der Waals surface area contributed by atoms with Crippen LogP contribution in [0.15, 0.2) is 47.5 Å². The summed E-state index contributed by atoms with van der Waals surface area (Å²) in [6.45, 7) is 0.267. The zero-order valence-corrected chi connectivity index (χ0v) is 14.5. The summed E-state index contributed by atoms with van der Waals surface area (Å²) < 4.78 is 11.8. The fourth-order valence-electron chi connectivity index (χ4n) is 2.84. The molecule has 0 fully saturated rings. The number of amides is 1. The number of nitro benzene ring substituents is 1. The van der Waals surface area contributed by atoms with Crippen molar-refractivity contribution in [1.29, 1.82) is 0 Å². The third-order valence-corrected chi connectivity index (χ3v) is 4.26. The van der Waals surface area contributed by atoms with Gasteiger partial charge in [-0.15, -0.1) is 0 Å². The highest BCUT2D eigenvalue weighted by Crippen LogP contribution is 2.34. The van der Waals surface area contributed by atoms with Gasteiger partial charge in [0.2, 0.25) is 12.7 Å². The quantitative estimate of drug-likeness (QED) is 0.529. The monoisotopic (exact) mass is 382 g/mol. The van der Waals surface area contributed by atoms with Crippen LogP contribution in [0.3, 0.4) is 0 Å². The minimum atomic E-state index is -0.548. The lowest BCUT2D eigenvalue weighted by Gasteiger charge is -2.08. The molecule has 0 radical (unpaired) electrons. The van der Waals surface area contributed by atoms with Crippen molar-refractivity contribution < 1.29 is 19.2 Å². The van der Waals surface area contributed by atoms with Crippen LogP contribution in [0.1, 0.15) is 6.42 Å². The standard InChI is InChI=1S/C18H14N4O6/c23-17(20-11-1-4-15-16(7-11)28-10-27-15)5-6-21-9-19-14-8-12(22(25)26)2-3-13(14)18(21)24/h1-4,7-9H,5-6,10H2,(H,20,23). The van der Waals surface area contributed by atoms with E-state index >= 15 is 0 Å². The first kappa shape index (κ1) is 17.5. The van der Waals surface area contributed by atoms with Gasteiger partial charge >= 0.3 is 0 Å². The second-order valence-electron chi connectivity index (χ2n) is 6.07. The molecule has 0 spiro atoms. The average Bonchev–Trinajstić information content (AvgIpc) is 3.15. The molecule has 1 amide bonds. The Bertz CT molecular complexity index is 1160. The molecule has 142 valence electrons. The zero-order chi connectivity index (χ0) is 19.7. The second-order valence-corrected chi connectivity index (χ2v) is 6.07. The summed E-state index contributed by atoms with van der Waals surface area (Å²) in [4.78, 5) is 39.0. The van der Waals surface area contributed by atoms with Crippen LogP contribution in [0.4, 0.5) is 11.4 Å². The van der Waals surface area contributed by atoms with Crippen molar-refractivity contribution in [2.75, 3.05) is 12.1 Å². The molecule has 1 aromatic heterocycles. The highest BCUT2D eigenvalue weighted by atomic mass is 16.7. The van der Waals surface area contributed by atoms with Crippen LogP contribution in [0.5, 0.6) is 11.5 Å². The van der Waals surface area contributed by atoms with Crippen LogP contribution < -0.4 is 20.3 Å². The Balaban J connectivity index is 1.45. The molecule has 1 aliphatic heterocycles. The molecule has 3 aromatic rings. The molecule has 28 heavy (non-hydrogen) atoms. The zero-order valence-electron chi connectivity index (χ0n) is 14.5. The van der Waals surface area contributed by atoms with E-state index in [2.05, 4.69) is 10.3 Å². The highest BCUT2D eigenvalue weighted by molar-refractivity contribution is 5.91. The van der Waals surface area contributed by atoms with Gasteiger partial charge in [0, 0.05) is 36.9 Å². The van der Waals surface area contributed by atoms with Crippen LogP contribution in [-0.2, 0) is 11.3 Å². The number of aromatic nitrogens is 2. The number of anilines is 1. The number of ether oxygens (including phenoxy) is 2. The minimum Gasteiger partial charge on any atom is -0.454 e. The van der Waals surface area contributed by atoms with Crippen molar-refractivity contribution in [1.82, 2.24) is 9.55 Å². The highest BCUT2D eigenvalue weighted by Gasteiger charge is 2.15. The second kappa shape index (κ2) is 6.99. The number of hydrogen-bond donors (Lipinski definition) is 1. The largest absolute Gasteiger partial charge is 0.454 e. The Kier molecular flexibility index (Phi) is 4.36. The maximum absolute atomic E-state index is 12.5. The Morgan fingerprint density at radius 2 is 2.04 bits per heavy atom. The summed E-state index contributed by atoms with van der Waals surface area (Å²) in [5.41, 5.74) is 0.293. The van der Waals surface area contributed by atoms with Crippen molar-refractivity contribution in [3.8, 4) is 11.5 Å². The van der Waals surface area contributed by atoms with Gasteiger partial charge in [-0.3, -0.25) is 24.3 Å². The first-order chi connectivity index (χ1) is 13.5. The lowest BCUT2D eigenvalue weighted by molar-refractivity contribution is -0.384. The number of carbonyl (C=O) groups excluding carboxylic acids is 1. The van der Waals surface area contributed by atoms with Crippen LogP contribution in [0, 0.1) is 10.1 Å². The van der Waals surface area contributed by atoms with Crippen molar-refractivity contribution in [3.63, 3.8) is 0 Å². The summed E-state index contributed by atoms with van der Waals surface area (Å²) in [5.74, 6) is 0.892. The van der Waals surface area contributed by atoms with E-state index in [0.29, 0.717) is 17.2 Å². The predicted molar refractivity (Wildman–Crippen MR) is 98.5 cm³/mol. The van der Waals surface area contributed by atoms with Crippen LogP contribution in [0.25, 0.3) is 10.9 Å². The van der Waals surface area contributed by atoms with Gasteiger partial charge in [0.15, 0.2) is 11.5 Å². The molecule has 0 bridgehead atoms. The van der Waals surface area contributed by atoms with Gasteiger partial charge < -0.3 is 14.8 Å². The minimum absolute atomic E-state index is 0.0501. The van der Waals surface area contributed by atoms with E-state index in [4.69, 9.17) is 9.47 Å². The average molecular weight is 382 g/mol. The third-order valence-electron chi connectivity index (χ3n) is 4.26. The van der Waals surface area contributed by atoms with Crippen molar-refractivity contribution >= 4 is 28.2 Å². The van der Waals surface area contributed by atoms with Gasteiger partial charge in [0.25, 0.3) is 11.2 Å². The van der Waals surface area contributed by atoms with E-state index in [-0.39, 0.29) is 47.8 Å². The first-order valence-electron chi connectivity index (χ1n) is 8.34. The molecule has 0 saturated carbocycles. The predicted octanol–water partition coefficient (Wildman–Crippen LogP) is 2.06. The third kappa shape index (κ3) is 3.34. The molecule has 1 N–H and O–H groups in total. The smallest absolute Gasteiger partial charge is 0.271 e. The summed E-state index contributed by atoms with van der Waals surface area (Å²) in [5, 5.41) is 13.8. The normalized spacial score (nSPS) is 12.1. The number of nitro groups is 1. The van der Waals surface area contributed by atoms with Gasteiger partial charge in [-0.1, -0.05) is 0 Å². The Hall–Kier alpha value is -3.95. The van der Waals surface area contributed by atoms with Gasteiger partial charge in [0.05, 0.1) is 22.2 Å². The van der Waals surface area contributed by atoms with Crippen molar-refractivity contribution in [2.45, 2.75) is 13.0 Å². The number of hydrogen-bond acceptors (Lipinski definition) is 7. The van der Waals surface area contributed by atoms with Gasteiger partial charge in [-0.25, -0.2) is 4.98 Å². The van der Waals surface area contributed by atoms with Gasteiger partial charge in [0.1, 0.15) is 0 Å². The van der Waals surface area contributed by atoms with Gasteiger partial charge in [-0.2, -0.15) is 0 Å². The molecule has 1 aliphatic rings. The molecule has 0 aliphatic carbocycles. The Morgan fingerprint density at radius 3 is 2.86 bits per heavy atom. The molecule has 0 atom stereocenters. The molecule has 2 aromatic carbocycles. The number of aryl methyl sites for hydroxylation is 1. The topological polar surface area (TPSA) is 126 Å². The van der Waals surface area contributed by atoms with Crippen LogP contribution in [0.2, 0.25) is 0 Å². The number of nitrogens with one attached hydrogen (secondary N) is 1. The summed E-state index contributed by atoms with van der Waals surface area (Å²) in [6.07, 6.45) is 1.33. The van der Waals surface area contributed by atoms with E-state index in [0.717, 1.165) is 0 Å². The van der Waals surface area contributed by atoms with E-state index in [1.54, 1.807) is 18.2 Å². The van der Waals surface area contributed by atoms with Crippen LogP contribution in [-0.4, -0.2) is 27.2 Å². The maximum atomic E-state index is 12.5. The summed E-state index contributed by atoms with van der Waals surface area (Å²) in [7, 11) is 0. The molecule has 4 rings (SSSR count). The molecular weight excluding hydrogens is 368 g/mol. The molecule has 2 heterocycles. The molecule has 0 saturated heterocycles. The first-order valence-corrected chi connectivity index (χ1v) is 8.34. The lowest BCUT2D eigenvalue weighted by Crippen LogP contribution is -2.23. The number of nitrogens with zero attached hydrogens (tertiary/aromatic N) is 3. The van der Waals surface area contributed by atoms with Crippen molar-refractivity contribution in [3.05, 3.63) is 63.2 Å². The van der Waals surface area contributed by atoms with E-state index in [1.165, 1.54) is 29.1 Å². The number of rotatable bonds is 5. The van der Waals surface area contributed by atoms with E-state index in [1.807, 2.05) is 0 Å². The van der Waals surface area contributed by atoms with E-state index in [9.17, 15) is 19.7 Å².